The van der Waals surface area contributed by atoms with E-state index in [9.17, 15) is 4.79 Å². The molecule has 2 aromatic rings. The number of hydrogen-bond donors (Lipinski definition) is 3. The third-order valence-electron chi connectivity index (χ3n) is 2.61. The minimum atomic E-state index is -0.295. The van der Waals surface area contributed by atoms with Gasteiger partial charge < -0.3 is 20.7 Å². The zero-order chi connectivity index (χ0) is 14.5. The maximum Gasteiger partial charge on any atom is 0.287 e. The minimum Gasteiger partial charge on any atom is -0.444 e. The summed E-state index contributed by atoms with van der Waals surface area (Å²) in [6.07, 6.45) is 0. The van der Waals surface area contributed by atoms with Gasteiger partial charge in [-0.25, -0.2) is 0 Å². The zero-order valence-electron chi connectivity index (χ0n) is 10.3. The Morgan fingerprint density at radius 3 is 2.55 bits per heavy atom. The van der Waals surface area contributed by atoms with Crippen LogP contribution >= 0.6 is 15.9 Å². The molecule has 0 aliphatic rings. The fourth-order valence-electron chi connectivity index (χ4n) is 1.56. The molecule has 0 saturated carbocycles. The molecule has 4 N–H and O–H groups in total. The monoisotopic (exact) mass is 337 g/mol. The summed E-state index contributed by atoms with van der Waals surface area (Å²) in [5, 5.41) is 14.2. The van der Waals surface area contributed by atoms with E-state index in [4.69, 9.17) is 15.4 Å². The Morgan fingerprint density at radius 2 is 2.00 bits per heavy atom. The molecule has 20 heavy (non-hydrogen) atoms. The first kappa shape index (κ1) is 14.1. The van der Waals surface area contributed by atoms with Crippen LogP contribution in [0.5, 0.6) is 0 Å². The van der Waals surface area contributed by atoms with Crippen LogP contribution in [-0.2, 0) is 6.54 Å². The predicted octanol–water partition coefficient (Wildman–Crippen LogP) is 2.07. The van der Waals surface area contributed by atoms with Crippen LogP contribution in [0.3, 0.4) is 0 Å². The fourth-order valence-corrected chi connectivity index (χ4v) is 1.86. The highest BCUT2D eigenvalue weighted by Gasteiger charge is 2.09. The summed E-state index contributed by atoms with van der Waals surface area (Å²) >= 11 is 3.13. The molecular weight excluding hydrogens is 326 g/mol. The lowest BCUT2D eigenvalue weighted by Crippen LogP contribution is -2.22. The maximum absolute atomic E-state index is 11.8. The van der Waals surface area contributed by atoms with Crippen LogP contribution in [-0.4, -0.2) is 17.0 Å². The van der Waals surface area contributed by atoms with Crippen LogP contribution < -0.4 is 11.1 Å². The number of benzene rings is 1. The highest BCUT2D eigenvalue weighted by atomic mass is 79.9. The van der Waals surface area contributed by atoms with Crippen molar-refractivity contribution in [2.24, 2.45) is 10.9 Å². The molecule has 1 aromatic carbocycles. The first-order valence-corrected chi connectivity index (χ1v) is 6.50. The lowest BCUT2D eigenvalue weighted by Gasteiger charge is -2.04. The zero-order valence-corrected chi connectivity index (χ0v) is 11.9. The SMILES string of the molecule is NC(=NO)c1ccc(CNC(=O)c2ccc(Br)o2)cc1. The number of carbonyl (C=O) groups is 1. The quantitative estimate of drug-likeness (QED) is 0.344. The van der Waals surface area contributed by atoms with Crippen molar-refractivity contribution in [3.8, 4) is 0 Å². The highest BCUT2D eigenvalue weighted by Crippen LogP contribution is 2.14. The van der Waals surface area contributed by atoms with Gasteiger partial charge in [0.25, 0.3) is 5.91 Å². The van der Waals surface area contributed by atoms with Crippen molar-refractivity contribution in [1.82, 2.24) is 5.32 Å². The molecule has 104 valence electrons. The van der Waals surface area contributed by atoms with Gasteiger partial charge in [0.1, 0.15) is 0 Å². The maximum atomic E-state index is 11.8. The average Bonchev–Trinajstić information content (AvgIpc) is 2.91. The molecule has 1 heterocycles. The molecule has 1 amide bonds. The second kappa shape index (κ2) is 6.25. The fraction of sp³-hybridized carbons (Fsp3) is 0.0769. The standard InChI is InChI=1S/C13H12BrN3O3/c14-11-6-5-10(20-11)13(18)16-7-8-1-3-9(4-2-8)12(15)17-19/h1-6,19H,7H2,(H2,15,17)(H,16,18). The average molecular weight is 338 g/mol. The van der Waals surface area contributed by atoms with E-state index in [2.05, 4.69) is 26.4 Å². The van der Waals surface area contributed by atoms with Crippen LogP contribution in [0.2, 0.25) is 0 Å². The van der Waals surface area contributed by atoms with Crippen molar-refractivity contribution in [1.29, 1.82) is 0 Å². The number of amidine groups is 1. The van der Waals surface area contributed by atoms with Gasteiger partial charge in [-0.1, -0.05) is 29.4 Å². The molecule has 0 aliphatic carbocycles. The smallest absolute Gasteiger partial charge is 0.287 e. The number of nitrogens with zero attached hydrogens (tertiary/aromatic N) is 1. The Morgan fingerprint density at radius 1 is 1.30 bits per heavy atom. The molecule has 1 aromatic heterocycles. The van der Waals surface area contributed by atoms with E-state index in [-0.39, 0.29) is 17.5 Å². The summed E-state index contributed by atoms with van der Waals surface area (Å²) in [7, 11) is 0. The Balaban J connectivity index is 1.96. The molecule has 7 heteroatoms. The number of halogens is 1. The molecule has 0 aliphatic heterocycles. The number of oxime groups is 1. The number of furan rings is 1. The van der Waals surface area contributed by atoms with Gasteiger partial charge in [-0.15, -0.1) is 0 Å². The molecule has 0 fully saturated rings. The van der Waals surface area contributed by atoms with E-state index in [0.717, 1.165) is 5.56 Å². The molecule has 2 rings (SSSR count). The van der Waals surface area contributed by atoms with Crippen LogP contribution in [0.15, 0.2) is 50.6 Å². The molecule has 0 atom stereocenters. The highest BCUT2D eigenvalue weighted by molar-refractivity contribution is 9.10. The summed E-state index contributed by atoms with van der Waals surface area (Å²) in [6.45, 7) is 0.355. The van der Waals surface area contributed by atoms with Crippen LogP contribution in [0.25, 0.3) is 0 Å². The first-order valence-electron chi connectivity index (χ1n) is 5.70. The Bertz CT molecular complexity index is 635. The van der Waals surface area contributed by atoms with E-state index in [1.807, 2.05) is 0 Å². The Kier molecular flexibility index (Phi) is 4.41. The Hall–Kier alpha value is -2.28. The number of amides is 1. The number of hydrogen-bond acceptors (Lipinski definition) is 4. The van der Waals surface area contributed by atoms with E-state index in [0.29, 0.717) is 16.8 Å². The summed E-state index contributed by atoms with van der Waals surface area (Å²) in [4.78, 5) is 11.8. The normalized spacial score (nSPS) is 11.3. The number of nitrogens with two attached hydrogens (primary N) is 1. The molecule has 0 unspecified atom stereocenters. The summed E-state index contributed by atoms with van der Waals surface area (Å²) in [5.41, 5.74) is 6.95. The van der Waals surface area contributed by atoms with E-state index < -0.39 is 0 Å². The van der Waals surface area contributed by atoms with Crippen LogP contribution in [0.1, 0.15) is 21.7 Å². The van der Waals surface area contributed by atoms with Crippen molar-refractivity contribution in [3.05, 3.63) is 58.0 Å². The van der Waals surface area contributed by atoms with Gasteiger partial charge in [-0.05, 0) is 33.6 Å². The van der Waals surface area contributed by atoms with Crippen molar-refractivity contribution in [2.75, 3.05) is 0 Å². The lowest BCUT2D eigenvalue weighted by molar-refractivity contribution is 0.0922. The topological polar surface area (TPSA) is 101 Å². The van der Waals surface area contributed by atoms with Gasteiger partial charge in [-0.2, -0.15) is 0 Å². The van der Waals surface area contributed by atoms with Gasteiger partial charge in [0.05, 0.1) is 0 Å². The van der Waals surface area contributed by atoms with Crippen LogP contribution in [0, 0.1) is 0 Å². The second-order valence-electron chi connectivity index (χ2n) is 3.97. The van der Waals surface area contributed by atoms with Crippen molar-refractivity contribution < 1.29 is 14.4 Å². The predicted molar refractivity (Wildman–Crippen MR) is 76.5 cm³/mol. The first-order chi connectivity index (χ1) is 9.60. The number of nitrogens with one attached hydrogen (secondary N) is 1. The van der Waals surface area contributed by atoms with Crippen molar-refractivity contribution >= 4 is 27.7 Å². The summed E-state index contributed by atoms with van der Waals surface area (Å²) in [5.74, 6) is -0.0117. The molecule has 0 spiro atoms. The number of carbonyl (C=O) groups excluding carboxylic acids is 1. The summed E-state index contributed by atoms with van der Waals surface area (Å²) in [6, 6.07) is 10.2. The second-order valence-corrected chi connectivity index (χ2v) is 4.75. The molecular formula is C13H12BrN3O3. The van der Waals surface area contributed by atoms with Gasteiger partial charge in [0.15, 0.2) is 16.3 Å². The van der Waals surface area contributed by atoms with Gasteiger partial charge in [-0.3, -0.25) is 4.79 Å². The van der Waals surface area contributed by atoms with Crippen LogP contribution in [0.4, 0.5) is 0 Å². The number of rotatable bonds is 4. The van der Waals surface area contributed by atoms with E-state index in [1.165, 1.54) is 0 Å². The summed E-state index contributed by atoms with van der Waals surface area (Å²) < 4.78 is 5.65. The molecule has 0 saturated heterocycles. The molecule has 0 radical (unpaired) electrons. The third kappa shape index (κ3) is 3.39. The minimum absolute atomic E-state index is 0.0426. The van der Waals surface area contributed by atoms with Gasteiger partial charge in [0.2, 0.25) is 0 Å². The Labute approximate surface area is 123 Å². The van der Waals surface area contributed by atoms with E-state index in [1.54, 1.807) is 36.4 Å². The molecule has 0 bridgehead atoms. The third-order valence-corrected chi connectivity index (χ3v) is 3.03. The van der Waals surface area contributed by atoms with Crippen molar-refractivity contribution in [3.63, 3.8) is 0 Å². The van der Waals surface area contributed by atoms with E-state index >= 15 is 0 Å². The molecule has 6 nitrogen and oxygen atoms in total. The van der Waals surface area contributed by atoms with Crippen molar-refractivity contribution in [2.45, 2.75) is 6.54 Å². The lowest BCUT2D eigenvalue weighted by atomic mass is 10.1. The van der Waals surface area contributed by atoms with Gasteiger partial charge >= 0.3 is 0 Å². The van der Waals surface area contributed by atoms with Gasteiger partial charge in [0, 0.05) is 12.1 Å². The largest absolute Gasteiger partial charge is 0.444 e.